The summed E-state index contributed by atoms with van der Waals surface area (Å²) in [7, 11) is -2.28. The van der Waals surface area contributed by atoms with E-state index in [9.17, 15) is 4.79 Å². The highest BCUT2D eigenvalue weighted by molar-refractivity contribution is 6.80. The molecule has 2 atom stereocenters. The molecule has 0 heterocycles. The van der Waals surface area contributed by atoms with E-state index >= 15 is 0 Å². The Bertz CT molecular complexity index is 215. The second-order valence-corrected chi connectivity index (χ2v) is 18.2. The summed E-state index contributed by atoms with van der Waals surface area (Å²) in [5, 5.41) is 0. The molecule has 0 amide bonds. The van der Waals surface area contributed by atoms with Gasteiger partial charge in [0.15, 0.2) is 0 Å². The highest BCUT2D eigenvalue weighted by Crippen LogP contribution is 2.52. The summed E-state index contributed by atoms with van der Waals surface area (Å²) in [4.78, 5) is 11.4. The average molecular weight is 243 g/mol. The van der Waals surface area contributed by atoms with Crippen molar-refractivity contribution in [2.45, 2.75) is 63.2 Å². The van der Waals surface area contributed by atoms with Crippen LogP contribution in [0, 0.1) is 5.92 Å². The fourth-order valence-corrected chi connectivity index (χ4v) is 8.42. The molecule has 1 rings (SSSR count). The summed E-state index contributed by atoms with van der Waals surface area (Å²) in [6, 6.07) is 0. The third-order valence-electron chi connectivity index (χ3n) is 4.10. The van der Waals surface area contributed by atoms with Gasteiger partial charge >= 0.3 is 0 Å². The van der Waals surface area contributed by atoms with Gasteiger partial charge in [-0.1, -0.05) is 52.1 Å². The monoisotopic (exact) mass is 242 g/mol. The third-order valence-corrected chi connectivity index (χ3v) is 9.90. The van der Waals surface area contributed by atoms with Gasteiger partial charge in [-0.15, -0.1) is 0 Å². The summed E-state index contributed by atoms with van der Waals surface area (Å²) >= 11 is 0. The van der Waals surface area contributed by atoms with Crippen LogP contribution in [-0.2, 0) is 4.79 Å². The first-order valence-electron chi connectivity index (χ1n) is 6.13. The van der Waals surface area contributed by atoms with Gasteiger partial charge in [-0.3, -0.25) is 0 Å². The number of carbonyl (C=O) groups excluding carboxylic acids is 1. The van der Waals surface area contributed by atoms with Crippen molar-refractivity contribution < 1.29 is 4.79 Å². The van der Waals surface area contributed by atoms with Crippen molar-refractivity contribution in [2.75, 3.05) is 0 Å². The zero-order chi connectivity index (χ0) is 11.9. The maximum absolute atomic E-state index is 11.4. The lowest BCUT2D eigenvalue weighted by molar-refractivity contribution is -0.110. The Morgan fingerprint density at radius 1 is 0.867 bits per heavy atom. The predicted molar refractivity (Wildman–Crippen MR) is 73.0 cm³/mol. The summed E-state index contributed by atoms with van der Waals surface area (Å²) < 4.78 is 0. The largest absolute Gasteiger partial charge is 0.303 e. The SMILES string of the molecule is C[Si](C)(C)C1CCC([Si](C)(C)C)C1C=O. The molecule has 1 fully saturated rings. The Hall–Kier alpha value is 0.104. The third kappa shape index (κ3) is 2.81. The van der Waals surface area contributed by atoms with Crippen molar-refractivity contribution in [3.63, 3.8) is 0 Å². The smallest absolute Gasteiger partial charge is 0.123 e. The molecule has 0 aromatic carbocycles. The Morgan fingerprint density at radius 3 is 1.40 bits per heavy atom. The summed E-state index contributed by atoms with van der Waals surface area (Å²) in [5.41, 5.74) is 1.48. The highest BCUT2D eigenvalue weighted by atomic mass is 28.3. The Balaban J connectivity index is 2.88. The van der Waals surface area contributed by atoms with Crippen molar-refractivity contribution in [3.8, 4) is 0 Å². The highest BCUT2D eigenvalue weighted by Gasteiger charge is 2.47. The van der Waals surface area contributed by atoms with E-state index in [1.165, 1.54) is 19.1 Å². The van der Waals surface area contributed by atoms with E-state index in [2.05, 4.69) is 39.3 Å². The minimum Gasteiger partial charge on any atom is -0.303 e. The average Bonchev–Trinajstić information content (AvgIpc) is 2.43. The van der Waals surface area contributed by atoms with E-state index < -0.39 is 16.1 Å². The van der Waals surface area contributed by atoms with E-state index in [4.69, 9.17) is 0 Å². The van der Waals surface area contributed by atoms with E-state index in [-0.39, 0.29) is 0 Å². The van der Waals surface area contributed by atoms with Gasteiger partial charge in [-0.05, 0) is 11.1 Å². The fourth-order valence-electron chi connectivity index (χ4n) is 3.23. The van der Waals surface area contributed by atoms with Crippen molar-refractivity contribution in [2.24, 2.45) is 5.92 Å². The Labute approximate surface area is 96.7 Å². The van der Waals surface area contributed by atoms with Gasteiger partial charge in [0.25, 0.3) is 0 Å². The molecule has 0 saturated heterocycles. The molecule has 0 aromatic heterocycles. The van der Waals surface area contributed by atoms with Crippen molar-refractivity contribution in [3.05, 3.63) is 0 Å². The molecule has 88 valence electrons. The van der Waals surface area contributed by atoms with E-state index in [1.54, 1.807) is 0 Å². The molecule has 0 aromatic rings. The molecule has 3 heteroatoms. The van der Waals surface area contributed by atoms with Gasteiger partial charge < -0.3 is 4.79 Å². The molecule has 0 bridgehead atoms. The molecular weight excluding hydrogens is 216 g/mol. The van der Waals surface area contributed by atoms with Crippen molar-refractivity contribution in [1.82, 2.24) is 0 Å². The number of carbonyl (C=O) groups is 1. The van der Waals surface area contributed by atoms with Gasteiger partial charge in [-0.25, -0.2) is 0 Å². The molecule has 0 N–H and O–H groups in total. The first kappa shape index (κ1) is 13.2. The summed E-state index contributed by atoms with van der Waals surface area (Å²) in [6.45, 7) is 14.5. The molecule has 0 radical (unpaired) electrons. The number of aldehydes is 1. The fraction of sp³-hybridized carbons (Fsp3) is 0.917. The standard InChI is InChI=1S/C12H26OSi2/c1-14(2,3)11-7-8-12(10(11)9-13)15(4,5)6/h9-12H,7-8H2,1-6H3. The number of hydrogen-bond donors (Lipinski definition) is 0. The van der Waals surface area contributed by atoms with Crippen LogP contribution in [0.1, 0.15) is 12.8 Å². The van der Waals surface area contributed by atoms with Gasteiger partial charge in [-0.2, -0.15) is 0 Å². The molecule has 1 nitrogen and oxygen atoms in total. The van der Waals surface area contributed by atoms with Crippen LogP contribution < -0.4 is 0 Å². The topological polar surface area (TPSA) is 17.1 Å². The summed E-state index contributed by atoms with van der Waals surface area (Å²) in [5.74, 6) is 0.392. The number of hydrogen-bond acceptors (Lipinski definition) is 1. The minimum atomic E-state index is -1.14. The Morgan fingerprint density at radius 2 is 1.20 bits per heavy atom. The van der Waals surface area contributed by atoms with Crippen LogP contribution in [0.5, 0.6) is 0 Å². The summed E-state index contributed by atoms with van der Waals surface area (Å²) in [6.07, 6.45) is 3.92. The molecule has 2 unspecified atom stereocenters. The van der Waals surface area contributed by atoms with Gasteiger partial charge in [0.2, 0.25) is 0 Å². The molecule has 0 spiro atoms. The first-order valence-corrected chi connectivity index (χ1v) is 13.3. The maximum Gasteiger partial charge on any atom is 0.123 e. The van der Waals surface area contributed by atoms with Gasteiger partial charge in [0.05, 0.1) is 0 Å². The van der Waals surface area contributed by atoms with Crippen LogP contribution >= 0.6 is 0 Å². The maximum atomic E-state index is 11.4. The van der Waals surface area contributed by atoms with Crippen LogP contribution in [-0.4, -0.2) is 22.4 Å². The first-order chi connectivity index (χ1) is 6.68. The molecule has 15 heavy (non-hydrogen) atoms. The van der Waals surface area contributed by atoms with Crippen LogP contribution in [0.15, 0.2) is 0 Å². The van der Waals surface area contributed by atoms with Crippen LogP contribution in [0.3, 0.4) is 0 Å². The van der Waals surface area contributed by atoms with Gasteiger partial charge in [0, 0.05) is 22.1 Å². The Kier molecular flexibility index (Phi) is 3.66. The normalized spacial score (nSPS) is 33.1. The zero-order valence-corrected chi connectivity index (χ0v) is 13.1. The van der Waals surface area contributed by atoms with Crippen LogP contribution in [0.2, 0.25) is 50.4 Å². The molecule has 1 aliphatic carbocycles. The lowest BCUT2D eigenvalue weighted by atomic mass is 10.1. The number of rotatable bonds is 3. The van der Waals surface area contributed by atoms with E-state index in [1.807, 2.05) is 0 Å². The second-order valence-electron chi connectivity index (χ2n) is 7.24. The lowest BCUT2D eigenvalue weighted by Crippen LogP contribution is -2.37. The second kappa shape index (κ2) is 4.17. The van der Waals surface area contributed by atoms with Crippen molar-refractivity contribution in [1.29, 1.82) is 0 Å². The zero-order valence-electron chi connectivity index (χ0n) is 11.1. The predicted octanol–water partition coefficient (Wildman–Crippen LogP) is 4.01. The van der Waals surface area contributed by atoms with Gasteiger partial charge in [0.1, 0.15) is 6.29 Å². The molecule has 1 saturated carbocycles. The quantitative estimate of drug-likeness (QED) is 0.540. The molecular formula is C12H26OSi2. The minimum absolute atomic E-state index is 0.392. The molecule has 1 aliphatic rings. The van der Waals surface area contributed by atoms with E-state index in [0.717, 1.165) is 11.1 Å². The van der Waals surface area contributed by atoms with Crippen LogP contribution in [0.25, 0.3) is 0 Å². The lowest BCUT2D eigenvalue weighted by Gasteiger charge is -2.33. The van der Waals surface area contributed by atoms with Crippen molar-refractivity contribution >= 4 is 22.4 Å². The van der Waals surface area contributed by atoms with E-state index in [0.29, 0.717) is 5.92 Å². The van der Waals surface area contributed by atoms with Crippen LogP contribution in [0.4, 0.5) is 0 Å². The molecule has 0 aliphatic heterocycles.